The average Bonchev–Trinajstić information content (AvgIpc) is 3.20. The van der Waals surface area contributed by atoms with Crippen LogP contribution in [0.2, 0.25) is 0 Å². The summed E-state index contributed by atoms with van der Waals surface area (Å²) in [4.78, 5) is 40.6. The largest absolute Gasteiger partial charge is 0.493 e. The Balaban J connectivity index is 1.74. The van der Waals surface area contributed by atoms with Crippen LogP contribution in [-0.2, 0) is 9.53 Å². The van der Waals surface area contributed by atoms with E-state index in [0.717, 1.165) is 43.5 Å². The molecular weight excluding hydrogens is 382 g/mol. The summed E-state index contributed by atoms with van der Waals surface area (Å²) in [5.41, 5.74) is 0.275. The average molecular weight is 403 g/mol. The molecular formula is C19H21N3O5S. The third-order valence-corrected chi connectivity index (χ3v) is 5.49. The Kier molecular flexibility index (Phi) is 6.35. The van der Waals surface area contributed by atoms with Crippen molar-refractivity contribution < 1.29 is 19.4 Å². The van der Waals surface area contributed by atoms with Gasteiger partial charge in [-0.1, -0.05) is 36.7 Å². The fourth-order valence-electron chi connectivity index (χ4n) is 3.26. The SMILES string of the molecule is COC(=O)c1ccccc1NC(=O)CSc1nc(O)cc(=O)n1C1CCCC1. The number of carbonyl (C=O) groups excluding carboxylic acids is 2. The van der Waals surface area contributed by atoms with Gasteiger partial charge in [-0.05, 0) is 25.0 Å². The number of hydrogen-bond donors (Lipinski definition) is 2. The lowest BCUT2D eigenvalue weighted by Crippen LogP contribution is -2.26. The number of methoxy groups -OCH3 is 1. The molecule has 1 amide bonds. The summed E-state index contributed by atoms with van der Waals surface area (Å²) in [6.45, 7) is 0. The molecule has 1 saturated carbocycles. The molecule has 2 aromatic rings. The molecule has 0 saturated heterocycles. The van der Waals surface area contributed by atoms with Crippen LogP contribution in [0.1, 0.15) is 42.1 Å². The molecule has 28 heavy (non-hydrogen) atoms. The molecule has 3 rings (SSSR count). The minimum Gasteiger partial charge on any atom is -0.493 e. The van der Waals surface area contributed by atoms with E-state index in [0.29, 0.717) is 10.8 Å². The van der Waals surface area contributed by atoms with E-state index in [1.165, 1.54) is 7.11 Å². The van der Waals surface area contributed by atoms with Gasteiger partial charge in [-0.15, -0.1) is 0 Å². The van der Waals surface area contributed by atoms with Gasteiger partial charge in [0.1, 0.15) is 0 Å². The molecule has 2 N–H and O–H groups in total. The lowest BCUT2D eigenvalue weighted by molar-refractivity contribution is -0.113. The first-order chi connectivity index (χ1) is 13.5. The van der Waals surface area contributed by atoms with Crippen LogP contribution in [0, 0.1) is 0 Å². The zero-order valence-electron chi connectivity index (χ0n) is 15.4. The van der Waals surface area contributed by atoms with E-state index in [-0.39, 0.29) is 34.7 Å². The smallest absolute Gasteiger partial charge is 0.339 e. The highest BCUT2D eigenvalue weighted by molar-refractivity contribution is 7.99. The van der Waals surface area contributed by atoms with Gasteiger partial charge in [0.25, 0.3) is 5.56 Å². The van der Waals surface area contributed by atoms with Gasteiger partial charge in [0.2, 0.25) is 11.8 Å². The molecule has 9 heteroatoms. The highest BCUT2D eigenvalue weighted by Crippen LogP contribution is 2.31. The van der Waals surface area contributed by atoms with Gasteiger partial charge in [0, 0.05) is 6.04 Å². The molecule has 0 bridgehead atoms. The molecule has 0 unspecified atom stereocenters. The number of carbonyl (C=O) groups is 2. The lowest BCUT2D eigenvalue weighted by Gasteiger charge is -2.17. The summed E-state index contributed by atoms with van der Waals surface area (Å²) in [5, 5.41) is 12.7. The molecule has 0 aliphatic heterocycles. The number of anilines is 1. The normalized spacial score (nSPS) is 14.0. The fraction of sp³-hybridized carbons (Fsp3) is 0.368. The molecule has 1 heterocycles. The van der Waals surface area contributed by atoms with E-state index < -0.39 is 5.97 Å². The molecule has 0 atom stereocenters. The second kappa shape index (κ2) is 8.92. The number of amides is 1. The number of nitrogens with zero attached hydrogens (tertiary/aromatic N) is 2. The van der Waals surface area contributed by atoms with Gasteiger partial charge in [0.15, 0.2) is 5.16 Å². The van der Waals surface area contributed by atoms with Crippen molar-refractivity contribution in [2.24, 2.45) is 0 Å². The third-order valence-electron chi connectivity index (χ3n) is 4.53. The number of hydrogen-bond acceptors (Lipinski definition) is 7. The maximum atomic E-state index is 12.4. The molecule has 0 radical (unpaired) electrons. The summed E-state index contributed by atoms with van der Waals surface area (Å²) in [6.07, 6.45) is 3.82. The zero-order chi connectivity index (χ0) is 20.1. The Labute approximate surface area is 165 Å². The van der Waals surface area contributed by atoms with Crippen LogP contribution in [0.25, 0.3) is 0 Å². The predicted octanol–water partition coefficient (Wildman–Crippen LogP) is 2.58. The van der Waals surface area contributed by atoms with Gasteiger partial charge < -0.3 is 15.2 Å². The second-order valence-corrected chi connectivity index (χ2v) is 7.36. The molecule has 148 valence electrons. The molecule has 1 aliphatic rings. The Morgan fingerprint density at radius 1 is 1.32 bits per heavy atom. The minimum atomic E-state index is -0.548. The number of nitrogens with one attached hydrogen (secondary N) is 1. The van der Waals surface area contributed by atoms with E-state index in [4.69, 9.17) is 4.74 Å². The van der Waals surface area contributed by atoms with Crippen LogP contribution in [0.5, 0.6) is 5.88 Å². The third kappa shape index (κ3) is 4.53. The van der Waals surface area contributed by atoms with Crippen LogP contribution in [0.15, 0.2) is 40.3 Å². The summed E-state index contributed by atoms with van der Waals surface area (Å²) in [6, 6.07) is 7.66. The number of benzene rings is 1. The van der Waals surface area contributed by atoms with Crippen molar-refractivity contribution in [3.05, 3.63) is 46.2 Å². The quantitative estimate of drug-likeness (QED) is 0.433. The maximum absolute atomic E-state index is 12.4. The van der Waals surface area contributed by atoms with Gasteiger partial charge in [-0.2, -0.15) is 4.98 Å². The maximum Gasteiger partial charge on any atom is 0.339 e. The van der Waals surface area contributed by atoms with Gasteiger partial charge in [-0.3, -0.25) is 14.2 Å². The first kappa shape index (κ1) is 19.9. The standard InChI is InChI=1S/C19H21N3O5S/c1-27-18(26)13-8-4-5-9-14(13)20-16(24)11-28-19-21-15(23)10-17(25)22(19)12-6-2-3-7-12/h4-5,8-10,12,23H,2-3,6-7,11H2,1H3,(H,20,24). The molecule has 1 aliphatic carbocycles. The number of aromatic hydroxyl groups is 1. The topological polar surface area (TPSA) is 111 Å². The van der Waals surface area contributed by atoms with Crippen LogP contribution in [0.4, 0.5) is 5.69 Å². The molecule has 1 aromatic carbocycles. The fourth-order valence-corrected chi connectivity index (χ4v) is 4.12. The van der Waals surface area contributed by atoms with Crippen LogP contribution < -0.4 is 10.9 Å². The van der Waals surface area contributed by atoms with Crippen molar-refractivity contribution in [3.63, 3.8) is 0 Å². The Hall–Kier alpha value is -2.81. The lowest BCUT2D eigenvalue weighted by atomic mass is 10.2. The number of para-hydroxylation sites is 1. The highest BCUT2D eigenvalue weighted by atomic mass is 32.2. The monoisotopic (exact) mass is 403 g/mol. The predicted molar refractivity (Wildman–Crippen MR) is 105 cm³/mol. The Morgan fingerprint density at radius 3 is 2.75 bits per heavy atom. The van der Waals surface area contributed by atoms with Crippen molar-refractivity contribution in [2.45, 2.75) is 36.9 Å². The van der Waals surface area contributed by atoms with Crippen molar-refractivity contribution >= 4 is 29.3 Å². The van der Waals surface area contributed by atoms with Crippen molar-refractivity contribution in [2.75, 3.05) is 18.2 Å². The Morgan fingerprint density at radius 2 is 2.04 bits per heavy atom. The van der Waals surface area contributed by atoms with Crippen molar-refractivity contribution in [1.29, 1.82) is 0 Å². The van der Waals surface area contributed by atoms with E-state index in [2.05, 4.69) is 10.3 Å². The Bertz CT molecular complexity index is 937. The van der Waals surface area contributed by atoms with E-state index >= 15 is 0 Å². The van der Waals surface area contributed by atoms with Crippen molar-refractivity contribution in [1.82, 2.24) is 9.55 Å². The van der Waals surface area contributed by atoms with Gasteiger partial charge in [-0.25, -0.2) is 4.79 Å². The summed E-state index contributed by atoms with van der Waals surface area (Å²) in [5.74, 6) is -1.30. The van der Waals surface area contributed by atoms with Gasteiger partial charge in [0.05, 0.1) is 30.2 Å². The van der Waals surface area contributed by atoms with E-state index in [9.17, 15) is 19.5 Å². The van der Waals surface area contributed by atoms with Crippen LogP contribution in [-0.4, -0.2) is 39.4 Å². The van der Waals surface area contributed by atoms with Crippen LogP contribution in [0.3, 0.4) is 0 Å². The highest BCUT2D eigenvalue weighted by Gasteiger charge is 2.23. The number of rotatable bonds is 6. The van der Waals surface area contributed by atoms with Crippen molar-refractivity contribution in [3.8, 4) is 5.88 Å². The van der Waals surface area contributed by atoms with E-state index in [1.807, 2.05) is 0 Å². The number of thioether (sulfide) groups is 1. The minimum absolute atomic E-state index is 0.0296. The molecule has 0 spiro atoms. The second-order valence-electron chi connectivity index (χ2n) is 6.42. The van der Waals surface area contributed by atoms with E-state index in [1.54, 1.807) is 28.8 Å². The first-order valence-corrected chi connectivity index (χ1v) is 9.90. The molecule has 1 aromatic heterocycles. The number of ether oxygens (including phenoxy) is 1. The first-order valence-electron chi connectivity index (χ1n) is 8.92. The number of esters is 1. The van der Waals surface area contributed by atoms with Gasteiger partial charge >= 0.3 is 5.97 Å². The summed E-state index contributed by atoms with van der Waals surface area (Å²) < 4.78 is 6.28. The van der Waals surface area contributed by atoms with Crippen LogP contribution >= 0.6 is 11.8 Å². The summed E-state index contributed by atoms with van der Waals surface area (Å²) in [7, 11) is 1.27. The zero-order valence-corrected chi connectivity index (χ0v) is 16.2. The number of aromatic nitrogens is 2. The molecule has 1 fully saturated rings. The summed E-state index contributed by atoms with van der Waals surface area (Å²) >= 11 is 1.07. The molecule has 8 nitrogen and oxygen atoms in total.